The quantitative estimate of drug-likeness (QED) is 0.599. The average molecular weight is 369 g/mol. The molecule has 2 atom stereocenters. The van der Waals surface area contributed by atoms with Gasteiger partial charge >= 0.3 is 5.97 Å². The summed E-state index contributed by atoms with van der Waals surface area (Å²) in [6, 6.07) is 12.7. The molecule has 0 unspecified atom stereocenters. The Morgan fingerprint density at radius 3 is 2.22 bits per heavy atom. The third-order valence-corrected chi connectivity index (χ3v) is 4.02. The molecular weight excluding hydrogens is 346 g/mol. The lowest BCUT2D eigenvalue weighted by Crippen LogP contribution is -2.41. The lowest BCUT2D eigenvalue weighted by atomic mass is 10.1. The zero-order valence-electron chi connectivity index (χ0n) is 15.8. The fourth-order valence-corrected chi connectivity index (χ4v) is 2.45. The standard InChI is InChI=1S/C21H23NO5/c1-13-6-5-7-17(12-13)20(24)22-14(2)21(25)27-15(3)19(23)16-8-10-18(26-4)11-9-16/h5-12,14-15H,1-4H3,(H,22,24)/t14-,15-/m0/s1. The van der Waals surface area contributed by atoms with E-state index in [-0.39, 0.29) is 11.7 Å². The predicted molar refractivity (Wildman–Crippen MR) is 101 cm³/mol. The molecule has 6 nitrogen and oxygen atoms in total. The van der Waals surface area contributed by atoms with Crippen LogP contribution in [0.25, 0.3) is 0 Å². The van der Waals surface area contributed by atoms with E-state index in [1.165, 1.54) is 21.0 Å². The van der Waals surface area contributed by atoms with Gasteiger partial charge in [0.1, 0.15) is 11.8 Å². The number of methoxy groups -OCH3 is 1. The Morgan fingerprint density at radius 1 is 0.963 bits per heavy atom. The van der Waals surface area contributed by atoms with Crippen LogP contribution >= 0.6 is 0 Å². The fraction of sp³-hybridized carbons (Fsp3) is 0.286. The van der Waals surface area contributed by atoms with Crippen LogP contribution in [0.3, 0.4) is 0 Å². The van der Waals surface area contributed by atoms with Crippen LogP contribution in [-0.2, 0) is 9.53 Å². The van der Waals surface area contributed by atoms with Crippen molar-refractivity contribution >= 4 is 17.7 Å². The second kappa shape index (κ2) is 8.98. The number of ketones is 1. The molecule has 1 amide bonds. The van der Waals surface area contributed by atoms with Gasteiger partial charge < -0.3 is 14.8 Å². The van der Waals surface area contributed by atoms with Gasteiger partial charge in [0.15, 0.2) is 6.10 Å². The molecular formula is C21H23NO5. The molecule has 0 aliphatic rings. The highest BCUT2D eigenvalue weighted by molar-refractivity contribution is 6.01. The summed E-state index contributed by atoms with van der Waals surface area (Å²) in [6.45, 7) is 4.89. The van der Waals surface area contributed by atoms with E-state index in [0.717, 1.165) is 5.56 Å². The molecule has 0 spiro atoms. The molecule has 0 aliphatic carbocycles. The van der Waals surface area contributed by atoms with E-state index in [1.807, 2.05) is 13.0 Å². The van der Waals surface area contributed by atoms with Crippen LogP contribution < -0.4 is 10.1 Å². The second-order valence-electron chi connectivity index (χ2n) is 6.24. The zero-order chi connectivity index (χ0) is 20.0. The molecule has 27 heavy (non-hydrogen) atoms. The SMILES string of the molecule is COc1ccc(C(=O)[C@H](C)OC(=O)[C@H](C)NC(=O)c2cccc(C)c2)cc1. The van der Waals surface area contributed by atoms with Crippen molar-refractivity contribution < 1.29 is 23.9 Å². The lowest BCUT2D eigenvalue weighted by molar-refractivity contribution is -0.148. The highest BCUT2D eigenvalue weighted by Crippen LogP contribution is 2.14. The molecule has 0 fully saturated rings. The maximum absolute atomic E-state index is 12.4. The summed E-state index contributed by atoms with van der Waals surface area (Å²) in [6.07, 6.45) is -0.968. The summed E-state index contributed by atoms with van der Waals surface area (Å²) in [4.78, 5) is 36.8. The Balaban J connectivity index is 1.94. The highest BCUT2D eigenvalue weighted by Gasteiger charge is 2.24. The van der Waals surface area contributed by atoms with Crippen molar-refractivity contribution in [3.8, 4) is 5.75 Å². The lowest BCUT2D eigenvalue weighted by Gasteiger charge is -2.17. The summed E-state index contributed by atoms with van der Waals surface area (Å²) in [5, 5.41) is 2.58. The summed E-state index contributed by atoms with van der Waals surface area (Å²) in [7, 11) is 1.54. The van der Waals surface area contributed by atoms with Gasteiger partial charge in [0.25, 0.3) is 5.91 Å². The van der Waals surface area contributed by atoms with Crippen molar-refractivity contribution in [3.63, 3.8) is 0 Å². The number of hydrogen-bond donors (Lipinski definition) is 1. The number of hydrogen-bond acceptors (Lipinski definition) is 5. The number of aryl methyl sites for hydroxylation is 1. The van der Waals surface area contributed by atoms with Crippen molar-refractivity contribution in [2.75, 3.05) is 7.11 Å². The van der Waals surface area contributed by atoms with Crippen LogP contribution in [0, 0.1) is 6.92 Å². The van der Waals surface area contributed by atoms with Crippen molar-refractivity contribution in [2.45, 2.75) is 32.9 Å². The molecule has 0 saturated carbocycles. The van der Waals surface area contributed by atoms with E-state index in [4.69, 9.17) is 9.47 Å². The van der Waals surface area contributed by atoms with Crippen molar-refractivity contribution in [1.82, 2.24) is 5.32 Å². The number of benzene rings is 2. The number of ether oxygens (including phenoxy) is 2. The minimum absolute atomic E-state index is 0.330. The number of amides is 1. The number of carbonyl (C=O) groups is 3. The fourth-order valence-electron chi connectivity index (χ4n) is 2.45. The summed E-state index contributed by atoms with van der Waals surface area (Å²) < 4.78 is 10.3. The number of esters is 1. The second-order valence-corrected chi connectivity index (χ2v) is 6.24. The van der Waals surface area contributed by atoms with E-state index < -0.39 is 18.1 Å². The summed E-state index contributed by atoms with van der Waals surface area (Å²) in [5.41, 5.74) is 1.81. The van der Waals surface area contributed by atoms with Gasteiger partial charge in [0.05, 0.1) is 7.11 Å². The van der Waals surface area contributed by atoms with Crippen molar-refractivity contribution in [3.05, 3.63) is 65.2 Å². The van der Waals surface area contributed by atoms with Crippen LogP contribution in [0.1, 0.15) is 40.1 Å². The van der Waals surface area contributed by atoms with Crippen LogP contribution in [0.15, 0.2) is 48.5 Å². The first-order valence-corrected chi connectivity index (χ1v) is 8.58. The predicted octanol–water partition coefficient (Wildman–Crippen LogP) is 2.94. The van der Waals surface area contributed by atoms with Gasteiger partial charge in [0.2, 0.25) is 5.78 Å². The third kappa shape index (κ3) is 5.41. The topological polar surface area (TPSA) is 81.7 Å². The minimum Gasteiger partial charge on any atom is -0.497 e. The first-order chi connectivity index (χ1) is 12.8. The molecule has 6 heteroatoms. The summed E-state index contributed by atoms with van der Waals surface area (Å²) >= 11 is 0. The first-order valence-electron chi connectivity index (χ1n) is 8.58. The molecule has 2 aromatic carbocycles. The average Bonchev–Trinajstić information content (AvgIpc) is 2.67. The third-order valence-electron chi connectivity index (χ3n) is 4.02. The Bertz CT molecular complexity index is 829. The molecule has 1 N–H and O–H groups in total. The molecule has 0 aliphatic heterocycles. The Kier molecular flexibility index (Phi) is 6.71. The van der Waals surface area contributed by atoms with Gasteiger partial charge in [-0.15, -0.1) is 0 Å². The van der Waals surface area contributed by atoms with E-state index in [2.05, 4.69) is 5.32 Å². The Labute approximate surface area is 158 Å². The van der Waals surface area contributed by atoms with Gasteiger partial charge in [-0.2, -0.15) is 0 Å². The van der Waals surface area contributed by atoms with Crippen molar-refractivity contribution in [1.29, 1.82) is 0 Å². The van der Waals surface area contributed by atoms with Crippen LogP contribution in [0.2, 0.25) is 0 Å². The number of nitrogens with one attached hydrogen (secondary N) is 1. The largest absolute Gasteiger partial charge is 0.497 e. The Hall–Kier alpha value is -3.15. The molecule has 0 heterocycles. The molecule has 0 aromatic heterocycles. The van der Waals surface area contributed by atoms with Gasteiger partial charge in [-0.3, -0.25) is 9.59 Å². The van der Waals surface area contributed by atoms with E-state index >= 15 is 0 Å². The number of Topliss-reactive ketones (excluding diaryl/α,β-unsaturated/α-hetero) is 1. The monoisotopic (exact) mass is 369 g/mol. The maximum atomic E-state index is 12.4. The van der Waals surface area contributed by atoms with Gasteiger partial charge in [-0.05, 0) is 57.2 Å². The molecule has 0 saturated heterocycles. The number of rotatable bonds is 7. The molecule has 142 valence electrons. The number of carbonyl (C=O) groups excluding carboxylic acids is 3. The zero-order valence-corrected chi connectivity index (χ0v) is 15.8. The van der Waals surface area contributed by atoms with E-state index in [9.17, 15) is 14.4 Å². The molecule has 0 bridgehead atoms. The minimum atomic E-state index is -0.968. The van der Waals surface area contributed by atoms with Crippen molar-refractivity contribution in [2.24, 2.45) is 0 Å². The van der Waals surface area contributed by atoms with E-state index in [0.29, 0.717) is 16.9 Å². The van der Waals surface area contributed by atoms with Gasteiger partial charge in [-0.1, -0.05) is 17.7 Å². The normalized spacial score (nSPS) is 12.6. The van der Waals surface area contributed by atoms with Crippen LogP contribution in [0.5, 0.6) is 5.75 Å². The van der Waals surface area contributed by atoms with E-state index in [1.54, 1.807) is 42.5 Å². The van der Waals surface area contributed by atoms with Gasteiger partial charge in [-0.25, -0.2) is 4.79 Å². The molecule has 0 radical (unpaired) electrons. The van der Waals surface area contributed by atoms with Gasteiger partial charge in [0, 0.05) is 11.1 Å². The smallest absolute Gasteiger partial charge is 0.329 e. The molecule has 2 aromatic rings. The molecule has 2 rings (SSSR count). The van der Waals surface area contributed by atoms with Crippen LogP contribution in [-0.4, -0.2) is 36.9 Å². The maximum Gasteiger partial charge on any atom is 0.329 e. The van der Waals surface area contributed by atoms with Crippen LogP contribution in [0.4, 0.5) is 0 Å². The summed E-state index contributed by atoms with van der Waals surface area (Å²) in [5.74, 6) is -0.755. The highest BCUT2D eigenvalue weighted by atomic mass is 16.5. The Morgan fingerprint density at radius 2 is 1.63 bits per heavy atom. The first kappa shape index (κ1) is 20.2.